The van der Waals surface area contributed by atoms with Gasteiger partial charge in [-0.25, -0.2) is 0 Å². The van der Waals surface area contributed by atoms with Crippen LogP contribution in [0.15, 0.2) is 12.3 Å². The highest BCUT2D eigenvalue weighted by atomic mass is 31.2. The van der Waals surface area contributed by atoms with Crippen molar-refractivity contribution in [3.05, 3.63) is 12.3 Å². The van der Waals surface area contributed by atoms with E-state index in [0.717, 1.165) is 32.1 Å². The molecule has 47 heavy (non-hydrogen) atoms. The summed E-state index contributed by atoms with van der Waals surface area (Å²) in [4.78, 5) is 24.9. The Balaban J connectivity index is 4.33. The first kappa shape index (κ1) is 46.1. The van der Waals surface area contributed by atoms with Crippen LogP contribution < -0.4 is 4.89 Å². The zero-order valence-electron chi connectivity index (χ0n) is 31.5. The lowest BCUT2D eigenvalue weighted by Gasteiger charge is -2.28. The molecule has 0 fully saturated rings. The maximum absolute atomic E-state index is 12.6. The van der Waals surface area contributed by atoms with Gasteiger partial charge in [0, 0.05) is 6.42 Å². The molecule has 0 aromatic carbocycles. The van der Waals surface area contributed by atoms with Crippen molar-refractivity contribution in [3.8, 4) is 0 Å². The summed E-state index contributed by atoms with van der Waals surface area (Å²) in [6.45, 7) is 4.73. The largest absolute Gasteiger partial charge is 0.756 e. The van der Waals surface area contributed by atoms with E-state index in [4.69, 9.17) is 18.5 Å². The smallest absolute Gasteiger partial charge is 0.306 e. The first-order valence-corrected chi connectivity index (χ1v) is 20.9. The molecule has 9 heteroatoms. The molecule has 8 nitrogen and oxygen atoms in total. The monoisotopic (exact) mass is 690 g/mol. The lowest BCUT2D eigenvalue weighted by Crippen LogP contribution is -2.37. The van der Waals surface area contributed by atoms with Crippen LogP contribution in [0.5, 0.6) is 0 Å². The Labute approximate surface area is 290 Å². The minimum absolute atomic E-state index is 0.0198. The molecular formula is C38H76NO7P. The molecule has 0 bridgehead atoms. The van der Waals surface area contributed by atoms with Gasteiger partial charge in [0.1, 0.15) is 19.8 Å². The van der Waals surface area contributed by atoms with Crippen LogP contribution in [0.4, 0.5) is 0 Å². The van der Waals surface area contributed by atoms with E-state index in [9.17, 15) is 14.3 Å². The standard InChI is InChI=1S/C38H76NO7P/c1-6-8-10-12-14-16-18-19-20-22-24-26-28-30-33-43-35-37(36-45-47(41,42)44-34-32-39(3,4)5)46-38(40)31-29-27-25-23-21-17-15-13-11-9-7-2/h30,33,37H,6-29,31-32,34-36H2,1-5H3/b33-30+/t37-/m1/s1. The zero-order chi connectivity index (χ0) is 34.9. The highest BCUT2D eigenvalue weighted by Gasteiger charge is 2.20. The minimum Gasteiger partial charge on any atom is -0.756 e. The van der Waals surface area contributed by atoms with E-state index in [0.29, 0.717) is 17.4 Å². The van der Waals surface area contributed by atoms with Gasteiger partial charge in [0.25, 0.3) is 7.82 Å². The fourth-order valence-corrected chi connectivity index (χ4v) is 6.06. The average molecular weight is 690 g/mol. The Bertz CT molecular complexity index is 772. The third kappa shape index (κ3) is 36.2. The highest BCUT2D eigenvalue weighted by molar-refractivity contribution is 7.45. The van der Waals surface area contributed by atoms with Gasteiger partial charge in [-0.15, -0.1) is 0 Å². The number of unbranched alkanes of at least 4 members (excludes halogenated alkanes) is 22. The number of esters is 1. The minimum atomic E-state index is -4.52. The van der Waals surface area contributed by atoms with Gasteiger partial charge in [-0.2, -0.15) is 0 Å². The SMILES string of the molecule is CCCCCCCCCCCCCC/C=C/OC[C@H](COP(=O)([O-])OCC[N+](C)(C)C)OC(=O)CCCCCCCCCCCCC. The van der Waals surface area contributed by atoms with Crippen LogP contribution in [0.2, 0.25) is 0 Å². The van der Waals surface area contributed by atoms with E-state index in [1.165, 1.54) is 122 Å². The number of allylic oxidation sites excluding steroid dienone is 1. The molecule has 0 aliphatic heterocycles. The van der Waals surface area contributed by atoms with E-state index in [1.807, 2.05) is 27.2 Å². The summed E-state index contributed by atoms with van der Waals surface area (Å²) in [7, 11) is 1.33. The number of phosphoric acid groups is 1. The van der Waals surface area contributed by atoms with Crippen LogP contribution in [0.3, 0.4) is 0 Å². The quantitative estimate of drug-likeness (QED) is 0.0212. The molecule has 2 atom stereocenters. The van der Waals surface area contributed by atoms with Gasteiger partial charge < -0.3 is 27.9 Å². The second-order valence-electron chi connectivity index (χ2n) is 14.4. The number of carbonyl (C=O) groups excluding carboxylic acids is 1. The molecule has 0 heterocycles. The van der Waals surface area contributed by atoms with Crippen LogP contribution in [0.25, 0.3) is 0 Å². The number of hydrogen-bond acceptors (Lipinski definition) is 7. The fraction of sp³-hybridized carbons (Fsp3) is 0.921. The van der Waals surface area contributed by atoms with Crippen molar-refractivity contribution in [3.63, 3.8) is 0 Å². The molecule has 0 saturated carbocycles. The number of phosphoric ester groups is 1. The van der Waals surface area contributed by atoms with Gasteiger partial charge in [0.15, 0.2) is 6.10 Å². The maximum Gasteiger partial charge on any atom is 0.306 e. The molecule has 0 aromatic heterocycles. The van der Waals surface area contributed by atoms with E-state index in [2.05, 4.69) is 13.8 Å². The van der Waals surface area contributed by atoms with E-state index in [1.54, 1.807) is 6.26 Å². The van der Waals surface area contributed by atoms with Gasteiger partial charge in [-0.1, -0.05) is 149 Å². The zero-order valence-corrected chi connectivity index (χ0v) is 32.4. The molecule has 280 valence electrons. The van der Waals surface area contributed by atoms with Gasteiger partial charge in [0.2, 0.25) is 0 Å². The van der Waals surface area contributed by atoms with Gasteiger partial charge in [-0.3, -0.25) is 9.36 Å². The summed E-state index contributed by atoms with van der Waals surface area (Å²) in [5.74, 6) is -0.356. The first-order valence-electron chi connectivity index (χ1n) is 19.5. The second kappa shape index (κ2) is 32.3. The molecule has 1 unspecified atom stereocenters. The van der Waals surface area contributed by atoms with Crippen LogP contribution in [-0.2, 0) is 27.9 Å². The average Bonchev–Trinajstić information content (AvgIpc) is 3.01. The highest BCUT2D eigenvalue weighted by Crippen LogP contribution is 2.38. The van der Waals surface area contributed by atoms with Gasteiger partial charge in [-0.05, 0) is 25.3 Å². The van der Waals surface area contributed by atoms with Gasteiger partial charge >= 0.3 is 5.97 Å². The lowest BCUT2D eigenvalue weighted by molar-refractivity contribution is -0.870. The molecule has 0 aromatic rings. The van der Waals surface area contributed by atoms with E-state index >= 15 is 0 Å². The Kier molecular flexibility index (Phi) is 31.7. The van der Waals surface area contributed by atoms with E-state index < -0.39 is 13.9 Å². The van der Waals surface area contributed by atoms with Crippen molar-refractivity contribution >= 4 is 13.8 Å². The van der Waals surface area contributed by atoms with Crippen molar-refractivity contribution in [1.29, 1.82) is 0 Å². The number of rotatable bonds is 36. The van der Waals surface area contributed by atoms with Crippen molar-refractivity contribution in [2.24, 2.45) is 0 Å². The summed E-state index contributed by atoms with van der Waals surface area (Å²) >= 11 is 0. The normalized spacial score (nSPS) is 14.0. The van der Waals surface area contributed by atoms with Crippen LogP contribution in [-0.4, -0.2) is 64.1 Å². The summed E-state index contributed by atoms with van der Waals surface area (Å²) in [6.07, 6.45) is 33.1. The molecular weight excluding hydrogens is 613 g/mol. The topological polar surface area (TPSA) is 94.1 Å². The molecule has 0 N–H and O–H groups in total. The van der Waals surface area contributed by atoms with Gasteiger partial charge in [0.05, 0.1) is 34.0 Å². The number of ether oxygens (including phenoxy) is 2. The van der Waals surface area contributed by atoms with E-state index in [-0.39, 0.29) is 25.8 Å². The van der Waals surface area contributed by atoms with Crippen molar-refractivity contribution in [2.75, 3.05) is 47.5 Å². The molecule has 0 radical (unpaired) electrons. The fourth-order valence-electron chi connectivity index (χ4n) is 5.33. The summed E-state index contributed by atoms with van der Waals surface area (Å²) < 4.78 is 34.2. The third-order valence-corrected chi connectivity index (χ3v) is 9.38. The van der Waals surface area contributed by atoms with Crippen LogP contribution in [0.1, 0.15) is 174 Å². The Morgan fingerprint density at radius 3 is 1.57 bits per heavy atom. The molecule has 0 aliphatic rings. The molecule has 0 aliphatic carbocycles. The van der Waals surface area contributed by atoms with Crippen LogP contribution >= 0.6 is 7.82 Å². The predicted octanol–water partition coefficient (Wildman–Crippen LogP) is 10.4. The van der Waals surface area contributed by atoms with Crippen molar-refractivity contribution < 1.29 is 37.3 Å². The molecule has 0 spiro atoms. The van der Waals surface area contributed by atoms with Crippen molar-refractivity contribution in [1.82, 2.24) is 0 Å². The summed E-state index contributed by atoms with van der Waals surface area (Å²) in [5, 5.41) is 0. The maximum atomic E-state index is 12.6. The number of carbonyl (C=O) groups is 1. The van der Waals surface area contributed by atoms with Crippen molar-refractivity contribution in [2.45, 2.75) is 180 Å². The molecule has 0 saturated heterocycles. The Hall–Kier alpha value is -0.920. The number of hydrogen-bond donors (Lipinski definition) is 0. The summed E-state index contributed by atoms with van der Waals surface area (Å²) in [5.41, 5.74) is 0. The molecule has 0 amide bonds. The summed E-state index contributed by atoms with van der Waals surface area (Å²) in [6, 6.07) is 0. The lowest BCUT2D eigenvalue weighted by atomic mass is 10.0. The third-order valence-electron chi connectivity index (χ3n) is 8.41. The predicted molar refractivity (Wildman–Crippen MR) is 194 cm³/mol. The first-order chi connectivity index (χ1) is 22.6. The number of quaternary nitrogens is 1. The molecule has 0 rings (SSSR count). The number of likely N-dealkylation sites (N-methyl/N-ethyl adjacent to an activating group) is 1. The Morgan fingerprint density at radius 1 is 0.660 bits per heavy atom. The van der Waals surface area contributed by atoms with Crippen LogP contribution in [0, 0.1) is 0 Å². The number of nitrogens with zero attached hydrogens (tertiary/aromatic N) is 1. The Morgan fingerprint density at radius 2 is 1.11 bits per heavy atom. The second-order valence-corrected chi connectivity index (χ2v) is 15.8.